The molecule has 0 fully saturated rings. The van der Waals surface area contributed by atoms with Gasteiger partial charge in [0.05, 0.1) is 12.3 Å². The van der Waals surface area contributed by atoms with Gasteiger partial charge in [0.15, 0.2) is 0 Å². The summed E-state index contributed by atoms with van der Waals surface area (Å²) in [6.45, 7) is 2.76. The SMILES string of the molecule is CCCOC(=S)c1cccn1C. The highest BCUT2D eigenvalue weighted by Crippen LogP contribution is 2.03. The highest BCUT2D eigenvalue weighted by Gasteiger charge is 2.03. The first-order valence-electron chi connectivity index (χ1n) is 4.04. The van der Waals surface area contributed by atoms with Crippen molar-refractivity contribution in [2.45, 2.75) is 13.3 Å². The summed E-state index contributed by atoms with van der Waals surface area (Å²) in [5, 5.41) is 0.587. The summed E-state index contributed by atoms with van der Waals surface area (Å²) in [6.07, 6.45) is 2.95. The van der Waals surface area contributed by atoms with Crippen LogP contribution >= 0.6 is 12.2 Å². The Morgan fingerprint density at radius 1 is 1.67 bits per heavy atom. The molecule has 0 atom stereocenters. The average molecular weight is 183 g/mol. The molecule has 0 saturated heterocycles. The summed E-state index contributed by atoms with van der Waals surface area (Å²) in [6, 6.07) is 3.91. The first-order chi connectivity index (χ1) is 5.75. The first kappa shape index (κ1) is 9.26. The number of hydrogen-bond donors (Lipinski definition) is 0. The molecule has 1 aromatic rings. The quantitative estimate of drug-likeness (QED) is 0.666. The van der Waals surface area contributed by atoms with Gasteiger partial charge in [-0.2, -0.15) is 0 Å². The van der Waals surface area contributed by atoms with E-state index in [0.29, 0.717) is 11.7 Å². The average Bonchev–Trinajstić information content (AvgIpc) is 2.47. The van der Waals surface area contributed by atoms with Crippen molar-refractivity contribution in [3.05, 3.63) is 24.0 Å². The number of ether oxygens (including phenoxy) is 1. The molecule has 0 aliphatic rings. The lowest BCUT2D eigenvalue weighted by molar-refractivity contribution is 0.312. The third kappa shape index (κ3) is 2.08. The van der Waals surface area contributed by atoms with E-state index in [9.17, 15) is 0 Å². The van der Waals surface area contributed by atoms with Crippen LogP contribution in [0.4, 0.5) is 0 Å². The molecule has 1 rings (SSSR count). The Morgan fingerprint density at radius 3 is 2.92 bits per heavy atom. The van der Waals surface area contributed by atoms with Gasteiger partial charge in [0.25, 0.3) is 0 Å². The van der Waals surface area contributed by atoms with Crippen LogP contribution < -0.4 is 0 Å². The zero-order valence-electron chi connectivity index (χ0n) is 7.41. The van der Waals surface area contributed by atoms with E-state index >= 15 is 0 Å². The Labute approximate surface area is 78.1 Å². The summed E-state index contributed by atoms with van der Waals surface area (Å²) in [5.74, 6) is 0. The van der Waals surface area contributed by atoms with Crippen LogP contribution in [-0.4, -0.2) is 16.2 Å². The molecule has 0 N–H and O–H groups in total. The minimum absolute atomic E-state index is 0.587. The van der Waals surface area contributed by atoms with Gasteiger partial charge < -0.3 is 9.30 Å². The topological polar surface area (TPSA) is 14.2 Å². The third-order valence-corrected chi connectivity index (χ3v) is 1.92. The minimum Gasteiger partial charge on any atom is -0.482 e. The molecule has 0 bridgehead atoms. The van der Waals surface area contributed by atoms with Crippen LogP contribution in [0.15, 0.2) is 18.3 Å². The highest BCUT2D eigenvalue weighted by molar-refractivity contribution is 7.80. The van der Waals surface area contributed by atoms with Crippen LogP contribution in [0.5, 0.6) is 0 Å². The number of nitrogens with zero attached hydrogens (tertiary/aromatic N) is 1. The molecule has 1 heterocycles. The zero-order valence-corrected chi connectivity index (χ0v) is 8.23. The van der Waals surface area contributed by atoms with E-state index in [-0.39, 0.29) is 0 Å². The fourth-order valence-corrected chi connectivity index (χ4v) is 1.24. The van der Waals surface area contributed by atoms with Gasteiger partial charge in [0, 0.05) is 13.2 Å². The van der Waals surface area contributed by atoms with Crippen LogP contribution in [0.1, 0.15) is 19.0 Å². The second-order valence-electron chi connectivity index (χ2n) is 2.64. The van der Waals surface area contributed by atoms with Gasteiger partial charge in [-0.25, -0.2) is 0 Å². The zero-order chi connectivity index (χ0) is 8.97. The summed E-state index contributed by atoms with van der Waals surface area (Å²) in [7, 11) is 1.96. The fourth-order valence-electron chi connectivity index (χ4n) is 0.942. The first-order valence-corrected chi connectivity index (χ1v) is 4.45. The molecule has 0 spiro atoms. The van der Waals surface area contributed by atoms with E-state index in [1.54, 1.807) is 0 Å². The Balaban J connectivity index is 2.59. The summed E-state index contributed by atoms with van der Waals surface area (Å²) >= 11 is 5.08. The maximum Gasteiger partial charge on any atom is 0.208 e. The molecule has 0 aliphatic carbocycles. The van der Waals surface area contributed by atoms with Gasteiger partial charge in [-0.3, -0.25) is 0 Å². The number of aryl methyl sites for hydroxylation is 1. The number of rotatable bonds is 3. The van der Waals surface area contributed by atoms with E-state index in [0.717, 1.165) is 12.1 Å². The molecular weight excluding hydrogens is 170 g/mol. The summed E-state index contributed by atoms with van der Waals surface area (Å²) in [4.78, 5) is 0. The lowest BCUT2D eigenvalue weighted by Crippen LogP contribution is -2.08. The van der Waals surface area contributed by atoms with Crippen LogP contribution in [0.25, 0.3) is 0 Å². The van der Waals surface area contributed by atoms with Crippen molar-refractivity contribution in [3.63, 3.8) is 0 Å². The smallest absolute Gasteiger partial charge is 0.208 e. The largest absolute Gasteiger partial charge is 0.482 e. The van der Waals surface area contributed by atoms with Crippen molar-refractivity contribution < 1.29 is 4.74 Å². The van der Waals surface area contributed by atoms with Gasteiger partial charge >= 0.3 is 0 Å². The second kappa shape index (κ2) is 4.26. The molecule has 0 aliphatic heterocycles. The highest BCUT2D eigenvalue weighted by atomic mass is 32.1. The molecule has 2 nitrogen and oxygen atoms in total. The van der Waals surface area contributed by atoms with Gasteiger partial charge in [0.2, 0.25) is 5.05 Å². The van der Waals surface area contributed by atoms with Crippen molar-refractivity contribution in [2.24, 2.45) is 7.05 Å². The minimum atomic E-state index is 0.587. The number of hydrogen-bond acceptors (Lipinski definition) is 2. The third-order valence-electron chi connectivity index (χ3n) is 1.59. The monoisotopic (exact) mass is 183 g/mol. The number of thiocarbonyl (C=S) groups is 1. The van der Waals surface area contributed by atoms with Crippen molar-refractivity contribution in [1.29, 1.82) is 0 Å². The summed E-state index contributed by atoms with van der Waals surface area (Å²) in [5.41, 5.74) is 0.971. The van der Waals surface area contributed by atoms with Crippen LogP contribution in [-0.2, 0) is 11.8 Å². The fraction of sp³-hybridized carbons (Fsp3) is 0.444. The molecular formula is C9H13NOS. The van der Waals surface area contributed by atoms with E-state index in [1.807, 2.05) is 29.9 Å². The molecule has 0 saturated carbocycles. The second-order valence-corrected chi connectivity index (χ2v) is 3.01. The van der Waals surface area contributed by atoms with Crippen molar-refractivity contribution >= 4 is 17.3 Å². The lowest BCUT2D eigenvalue weighted by Gasteiger charge is -2.06. The lowest BCUT2D eigenvalue weighted by atomic mass is 10.4. The van der Waals surface area contributed by atoms with E-state index < -0.39 is 0 Å². The molecule has 12 heavy (non-hydrogen) atoms. The molecule has 0 amide bonds. The molecule has 0 aromatic carbocycles. The Kier molecular flexibility index (Phi) is 3.29. The number of aromatic nitrogens is 1. The van der Waals surface area contributed by atoms with Crippen molar-refractivity contribution in [2.75, 3.05) is 6.61 Å². The van der Waals surface area contributed by atoms with Gasteiger partial charge in [-0.05, 0) is 30.8 Å². The molecule has 0 radical (unpaired) electrons. The standard InChI is InChI=1S/C9H13NOS/c1-3-7-11-9(12)8-5-4-6-10(8)2/h4-6H,3,7H2,1-2H3. The Bertz CT molecular complexity index is 267. The van der Waals surface area contributed by atoms with Gasteiger partial charge in [-0.1, -0.05) is 6.92 Å². The Hall–Kier alpha value is -0.830. The maximum atomic E-state index is 5.33. The molecule has 3 heteroatoms. The van der Waals surface area contributed by atoms with Crippen molar-refractivity contribution in [1.82, 2.24) is 4.57 Å². The predicted molar refractivity (Wildman–Crippen MR) is 53.4 cm³/mol. The van der Waals surface area contributed by atoms with Crippen LogP contribution in [0.3, 0.4) is 0 Å². The molecule has 0 unspecified atom stereocenters. The maximum absolute atomic E-state index is 5.33. The Morgan fingerprint density at radius 2 is 2.42 bits per heavy atom. The van der Waals surface area contributed by atoms with Gasteiger partial charge in [0.1, 0.15) is 0 Å². The van der Waals surface area contributed by atoms with Crippen LogP contribution in [0.2, 0.25) is 0 Å². The van der Waals surface area contributed by atoms with Crippen molar-refractivity contribution in [3.8, 4) is 0 Å². The normalized spacial score (nSPS) is 9.83. The van der Waals surface area contributed by atoms with E-state index in [1.165, 1.54) is 0 Å². The van der Waals surface area contributed by atoms with Gasteiger partial charge in [-0.15, -0.1) is 0 Å². The van der Waals surface area contributed by atoms with Crippen LogP contribution in [0, 0.1) is 0 Å². The molecule has 1 aromatic heterocycles. The van der Waals surface area contributed by atoms with E-state index in [4.69, 9.17) is 17.0 Å². The molecule has 66 valence electrons. The van der Waals surface area contributed by atoms with E-state index in [2.05, 4.69) is 6.92 Å². The predicted octanol–water partition coefficient (Wildman–Crippen LogP) is 2.13. The summed E-state index contributed by atoms with van der Waals surface area (Å²) < 4.78 is 7.28.